The summed E-state index contributed by atoms with van der Waals surface area (Å²) in [5.74, 6) is 2.12. The van der Waals surface area contributed by atoms with E-state index in [9.17, 15) is 0 Å². The number of piperazine rings is 1. The zero-order valence-corrected chi connectivity index (χ0v) is 12.3. The first kappa shape index (κ1) is 12.6. The third kappa shape index (κ3) is 2.12. The summed E-state index contributed by atoms with van der Waals surface area (Å²) in [4.78, 5) is 7.33. The quantitative estimate of drug-likeness (QED) is 0.851. The highest BCUT2D eigenvalue weighted by Crippen LogP contribution is 2.39. The first-order valence-electron chi connectivity index (χ1n) is 8.38. The summed E-state index contributed by atoms with van der Waals surface area (Å²) in [6, 6.07) is 2.99. The molecule has 3 nitrogen and oxygen atoms in total. The van der Waals surface area contributed by atoms with E-state index < -0.39 is 0 Å². The van der Waals surface area contributed by atoms with E-state index in [4.69, 9.17) is 4.98 Å². The minimum absolute atomic E-state index is 0.672. The summed E-state index contributed by atoms with van der Waals surface area (Å²) in [6.07, 6.45) is 11.6. The van der Waals surface area contributed by atoms with Crippen molar-refractivity contribution in [2.75, 3.05) is 24.5 Å². The number of fused-ring (bicyclic) bond motifs is 3. The number of hydrogen-bond donors (Lipinski definition) is 1. The average Bonchev–Trinajstić information content (AvgIpc) is 2.55. The Morgan fingerprint density at radius 1 is 1.15 bits per heavy atom. The molecule has 108 valence electrons. The molecule has 1 atom stereocenters. The molecule has 0 bridgehead atoms. The van der Waals surface area contributed by atoms with Crippen LogP contribution in [0.3, 0.4) is 0 Å². The highest BCUT2D eigenvalue weighted by Gasteiger charge is 2.32. The van der Waals surface area contributed by atoms with E-state index in [1.807, 2.05) is 0 Å². The van der Waals surface area contributed by atoms with Crippen LogP contribution in [0.2, 0.25) is 0 Å². The van der Waals surface area contributed by atoms with Gasteiger partial charge in [-0.25, -0.2) is 4.98 Å². The Kier molecular flexibility index (Phi) is 3.39. The van der Waals surface area contributed by atoms with Crippen LogP contribution in [0.15, 0.2) is 12.3 Å². The van der Waals surface area contributed by atoms with E-state index in [1.165, 1.54) is 50.8 Å². The van der Waals surface area contributed by atoms with Crippen molar-refractivity contribution in [1.29, 1.82) is 0 Å². The fourth-order valence-corrected chi connectivity index (χ4v) is 4.40. The molecular weight excluding hydrogens is 246 g/mol. The van der Waals surface area contributed by atoms with E-state index in [0.29, 0.717) is 6.04 Å². The van der Waals surface area contributed by atoms with Gasteiger partial charge in [-0.1, -0.05) is 19.3 Å². The number of pyridine rings is 1. The normalized spacial score (nSPS) is 27.0. The molecule has 3 aliphatic rings. The molecular formula is C17H25N3. The Balaban J connectivity index is 1.69. The van der Waals surface area contributed by atoms with Gasteiger partial charge in [0, 0.05) is 31.9 Å². The summed E-state index contributed by atoms with van der Waals surface area (Å²) in [6.45, 7) is 3.36. The zero-order chi connectivity index (χ0) is 13.4. The van der Waals surface area contributed by atoms with Crippen molar-refractivity contribution in [3.63, 3.8) is 0 Å². The third-order valence-electron chi connectivity index (χ3n) is 5.46. The van der Waals surface area contributed by atoms with Gasteiger partial charge in [-0.3, -0.25) is 0 Å². The molecule has 2 aliphatic heterocycles. The Morgan fingerprint density at radius 2 is 2.05 bits per heavy atom. The van der Waals surface area contributed by atoms with E-state index in [2.05, 4.69) is 22.5 Å². The number of anilines is 1. The minimum Gasteiger partial charge on any atom is -0.351 e. The maximum Gasteiger partial charge on any atom is 0.132 e. The maximum absolute atomic E-state index is 4.76. The van der Waals surface area contributed by atoms with Crippen LogP contribution >= 0.6 is 0 Å². The van der Waals surface area contributed by atoms with E-state index in [0.717, 1.165) is 25.6 Å². The lowest BCUT2D eigenvalue weighted by Gasteiger charge is -2.42. The lowest BCUT2D eigenvalue weighted by molar-refractivity contribution is 0.421. The van der Waals surface area contributed by atoms with E-state index >= 15 is 0 Å². The van der Waals surface area contributed by atoms with Crippen molar-refractivity contribution >= 4 is 5.82 Å². The first-order valence-corrected chi connectivity index (χ1v) is 8.38. The number of aromatic nitrogens is 1. The van der Waals surface area contributed by atoms with Crippen LogP contribution in [0.25, 0.3) is 0 Å². The van der Waals surface area contributed by atoms with Crippen molar-refractivity contribution in [2.45, 2.75) is 56.9 Å². The van der Waals surface area contributed by atoms with Crippen LogP contribution in [-0.2, 0) is 6.42 Å². The number of nitrogens with one attached hydrogen (secondary N) is 1. The predicted octanol–water partition coefficient (Wildman–Crippen LogP) is 2.85. The molecule has 3 heterocycles. The van der Waals surface area contributed by atoms with Crippen LogP contribution in [-0.4, -0.2) is 30.7 Å². The van der Waals surface area contributed by atoms with Gasteiger partial charge >= 0.3 is 0 Å². The van der Waals surface area contributed by atoms with Crippen molar-refractivity contribution < 1.29 is 0 Å². The lowest BCUT2D eigenvalue weighted by Crippen LogP contribution is -2.53. The minimum atomic E-state index is 0.672. The Morgan fingerprint density at radius 3 is 2.95 bits per heavy atom. The second-order valence-corrected chi connectivity index (χ2v) is 6.63. The van der Waals surface area contributed by atoms with Gasteiger partial charge in [-0.15, -0.1) is 0 Å². The molecule has 1 aromatic heterocycles. The van der Waals surface area contributed by atoms with Crippen molar-refractivity contribution in [1.82, 2.24) is 10.3 Å². The van der Waals surface area contributed by atoms with Gasteiger partial charge in [0.25, 0.3) is 0 Å². The largest absolute Gasteiger partial charge is 0.351 e. The van der Waals surface area contributed by atoms with E-state index in [-0.39, 0.29) is 0 Å². The second-order valence-electron chi connectivity index (χ2n) is 6.63. The summed E-state index contributed by atoms with van der Waals surface area (Å²) in [5, 5.41) is 3.52. The fourth-order valence-electron chi connectivity index (χ4n) is 4.40. The molecule has 4 rings (SSSR count). The highest BCUT2D eigenvalue weighted by molar-refractivity contribution is 5.55. The van der Waals surface area contributed by atoms with Crippen LogP contribution in [0, 0.1) is 0 Å². The molecule has 1 saturated carbocycles. The Labute approximate surface area is 121 Å². The molecule has 3 heteroatoms. The van der Waals surface area contributed by atoms with Gasteiger partial charge in [0.1, 0.15) is 5.82 Å². The third-order valence-corrected chi connectivity index (χ3v) is 5.46. The summed E-state index contributed by atoms with van der Waals surface area (Å²) >= 11 is 0. The predicted molar refractivity (Wildman–Crippen MR) is 82.4 cm³/mol. The fraction of sp³-hybridized carbons (Fsp3) is 0.706. The van der Waals surface area contributed by atoms with Gasteiger partial charge in [0.05, 0.1) is 0 Å². The zero-order valence-electron chi connectivity index (χ0n) is 12.3. The van der Waals surface area contributed by atoms with Crippen LogP contribution in [0.4, 0.5) is 5.82 Å². The molecule has 1 saturated heterocycles. The molecule has 20 heavy (non-hydrogen) atoms. The van der Waals surface area contributed by atoms with Crippen molar-refractivity contribution in [3.05, 3.63) is 23.4 Å². The highest BCUT2D eigenvalue weighted by atomic mass is 15.3. The van der Waals surface area contributed by atoms with Gasteiger partial charge < -0.3 is 10.2 Å². The molecule has 2 fully saturated rings. The smallest absolute Gasteiger partial charge is 0.132 e. The van der Waals surface area contributed by atoms with Crippen LogP contribution in [0.1, 0.15) is 55.6 Å². The monoisotopic (exact) mass is 271 g/mol. The first-order chi connectivity index (χ1) is 9.93. The summed E-state index contributed by atoms with van der Waals surface area (Å²) < 4.78 is 0. The number of hydrogen-bond acceptors (Lipinski definition) is 3. The second kappa shape index (κ2) is 5.36. The lowest BCUT2D eigenvalue weighted by atomic mass is 9.80. The van der Waals surface area contributed by atoms with Gasteiger partial charge in [-0.2, -0.15) is 0 Å². The van der Waals surface area contributed by atoms with Gasteiger partial charge in [0.2, 0.25) is 0 Å². The molecule has 0 unspecified atom stereocenters. The Bertz CT molecular complexity index is 465. The SMILES string of the molecule is c1cc(C2CCCCC2)c2c(n1)N1CCNC[C@H]1CC2. The summed E-state index contributed by atoms with van der Waals surface area (Å²) in [7, 11) is 0. The standard InChI is InChI=1S/C17H25N3/c1-2-4-13(5-3-1)15-8-9-19-17-16(15)7-6-14-12-18-10-11-20(14)17/h8-9,13-14,18H,1-7,10-12H2/t14-/m1/s1. The van der Waals surface area contributed by atoms with Gasteiger partial charge in [-0.05, 0) is 48.8 Å². The molecule has 0 amide bonds. The molecule has 1 aliphatic carbocycles. The van der Waals surface area contributed by atoms with Crippen molar-refractivity contribution in [3.8, 4) is 0 Å². The van der Waals surface area contributed by atoms with Crippen molar-refractivity contribution in [2.24, 2.45) is 0 Å². The maximum atomic E-state index is 4.76. The molecule has 0 radical (unpaired) electrons. The molecule has 1 N–H and O–H groups in total. The van der Waals surface area contributed by atoms with Gasteiger partial charge in [0.15, 0.2) is 0 Å². The average molecular weight is 271 g/mol. The molecule has 0 spiro atoms. The number of nitrogens with zero attached hydrogens (tertiary/aromatic N) is 2. The Hall–Kier alpha value is -1.09. The van der Waals surface area contributed by atoms with E-state index in [1.54, 1.807) is 11.1 Å². The van der Waals surface area contributed by atoms with Crippen LogP contribution < -0.4 is 10.2 Å². The summed E-state index contributed by atoms with van der Waals surface area (Å²) in [5.41, 5.74) is 3.21. The van der Waals surface area contributed by atoms with Crippen LogP contribution in [0.5, 0.6) is 0 Å². The number of rotatable bonds is 1. The molecule has 0 aromatic carbocycles. The molecule has 1 aromatic rings. The topological polar surface area (TPSA) is 28.2 Å².